The Morgan fingerprint density at radius 3 is 2.62 bits per heavy atom. The average Bonchev–Trinajstić information content (AvgIpc) is 2.39. The predicted molar refractivity (Wildman–Crippen MR) is 83.8 cm³/mol. The van der Waals surface area contributed by atoms with Crippen molar-refractivity contribution in [3.05, 3.63) is 33.8 Å². The lowest BCUT2D eigenvalue weighted by Crippen LogP contribution is -3.09. The predicted octanol–water partition coefficient (Wildman–Crippen LogP) is 1.24. The zero-order valence-electron chi connectivity index (χ0n) is 12.1. The van der Waals surface area contributed by atoms with E-state index in [9.17, 15) is 9.59 Å². The second kappa shape index (κ2) is 8.87. The van der Waals surface area contributed by atoms with Gasteiger partial charge in [0.15, 0.2) is 6.54 Å². The highest BCUT2D eigenvalue weighted by Gasteiger charge is 2.14. The van der Waals surface area contributed by atoms with Crippen LogP contribution in [0.15, 0.2) is 18.2 Å². The Morgan fingerprint density at radius 2 is 2.00 bits per heavy atom. The molecule has 0 aromatic heterocycles. The first-order valence-electron chi connectivity index (χ1n) is 6.75. The van der Waals surface area contributed by atoms with Crippen molar-refractivity contribution in [2.24, 2.45) is 0 Å². The van der Waals surface area contributed by atoms with Crippen LogP contribution in [0.25, 0.3) is 0 Å². The molecule has 1 aromatic carbocycles. The van der Waals surface area contributed by atoms with Crippen LogP contribution in [0.1, 0.15) is 18.9 Å². The average molecular weight is 333 g/mol. The molecule has 1 atom stereocenters. The molecule has 1 rings (SSSR count). The van der Waals surface area contributed by atoms with Crippen molar-refractivity contribution in [2.75, 3.05) is 20.1 Å². The van der Waals surface area contributed by atoms with Crippen molar-refractivity contribution in [1.29, 1.82) is 0 Å². The van der Waals surface area contributed by atoms with Crippen molar-refractivity contribution in [3.8, 4) is 0 Å². The molecule has 3 N–H and O–H groups in total. The van der Waals surface area contributed by atoms with Gasteiger partial charge in [-0.3, -0.25) is 10.1 Å². The van der Waals surface area contributed by atoms with E-state index >= 15 is 0 Å². The van der Waals surface area contributed by atoms with E-state index in [2.05, 4.69) is 10.6 Å². The molecule has 0 fully saturated rings. The number of hydrogen-bond acceptors (Lipinski definition) is 2. The third-order valence-electron chi connectivity index (χ3n) is 2.76. The molecule has 0 spiro atoms. The Hall–Kier alpha value is -1.30. The van der Waals surface area contributed by atoms with E-state index in [0.29, 0.717) is 23.1 Å². The zero-order chi connectivity index (χ0) is 15.8. The summed E-state index contributed by atoms with van der Waals surface area (Å²) in [5, 5.41) is 6.02. The van der Waals surface area contributed by atoms with Gasteiger partial charge in [0.1, 0.15) is 6.54 Å². The van der Waals surface area contributed by atoms with Crippen LogP contribution in [-0.2, 0) is 11.3 Å². The lowest BCUT2D eigenvalue weighted by Gasteiger charge is -2.14. The number of halogens is 2. The van der Waals surface area contributed by atoms with Crippen LogP contribution in [0, 0.1) is 0 Å². The van der Waals surface area contributed by atoms with Gasteiger partial charge in [-0.25, -0.2) is 4.79 Å². The topological polar surface area (TPSA) is 62.6 Å². The van der Waals surface area contributed by atoms with E-state index in [1.807, 2.05) is 20.0 Å². The maximum absolute atomic E-state index is 11.7. The quantitative estimate of drug-likeness (QED) is 0.734. The summed E-state index contributed by atoms with van der Waals surface area (Å²) in [5.74, 6) is -0.328. The SMILES string of the molecule is CCCNC(=O)NC(=O)C[NH+](C)Cc1ccc(Cl)cc1Cl. The summed E-state index contributed by atoms with van der Waals surface area (Å²) in [4.78, 5) is 24.0. The van der Waals surface area contributed by atoms with Gasteiger partial charge in [0.05, 0.1) is 12.1 Å². The van der Waals surface area contributed by atoms with E-state index in [0.717, 1.165) is 16.9 Å². The number of carbonyl (C=O) groups excluding carboxylic acids is 2. The molecule has 0 aliphatic carbocycles. The minimum absolute atomic E-state index is 0.179. The van der Waals surface area contributed by atoms with E-state index in [1.165, 1.54) is 0 Å². The molecule has 0 aliphatic heterocycles. The molecule has 0 bridgehead atoms. The first-order valence-corrected chi connectivity index (χ1v) is 7.51. The highest BCUT2D eigenvalue weighted by molar-refractivity contribution is 6.35. The Kier molecular flexibility index (Phi) is 7.50. The molecule has 0 aliphatic rings. The molecule has 3 amide bonds. The molecular formula is C14H20Cl2N3O2+. The van der Waals surface area contributed by atoms with Crippen molar-refractivity contribution in [1.82, 2.24) is 10.6 Å². The lowest BCUT2D eigenvalue weighted by atomic mass is 10.2. The Morgan fingerprint density at radius 1 is 1.29 bits per heavy atom. The van der Waals surface area contributed by atoms with Crippen LogP contribution < -0.4 is 15.5 Å². The fourth-order valence-electron chi connectivity index (χ4n) is 1.78. The van der Waals surface area contributed by atoms with Gasteiger partial charge in [-0.15, -0.1) is 0 Å². The molecule has 1 unspecified atom stereocenters. The normalized spacial score (nSPS) is 11.8. The molecular weight excluding hydrogens is 313 g/mol. The highest BCUT2D eigenvalue weighted by atomic mass is 35.5. The number of nitrogens with one attached hydrogen (secondary N) is 3. The number of rotatable bonds is 6. The molecule has 21 heavy (non-hydrogen) atoms. The molecule has 5 nitrogen and oxygen atoms in total. The van der Waals surface area contributed by atoms with Crippen LogP contribution >= 0.6 is 23.2 Å². The molecule has 0 heterocycles. The summed E-state index contributed by atoms with van der Waals surface area (Å²) in [6, 6.07) is 4.80. The number of likely N-dealkylation sites (N-methyl/N-ethyl adjacent to an activating group) is 1. The largest absolute Gasteiger partial charge is 0.338 e. The fraction of sp³-hybridized carbons (Fsp3) is 0.429. The number of imide groups is 1. The minimum atomic E-state index is -0.459. The van der Waals surface area contributed by atoms with Gasteiger partial charge < -0.3 is 10.2 Å². The van der Waals surface area contributed by atoms with E-state index < -0.39 is 6.03 Å². The number of urea groups is 1. The highest BCUT2D eigenvalue weighted by Crippen LogP contribution is 2.19. The van der Waals surface area contributed by atoms with Gasteiger partial charge in [0.2, 0.25) is 0 Å². The van der Waals surface area contributed by atoms with Crippen LogP contribution in [0.3, 0.4) is 0 Å². The smallest absolute Gasteiger partial charge is 0.321 e. The van der Waals surface area contributed by atoms with Crippen molar-refractivity contribution in [3.63, 3.8) is 0 Å². The third-order valence-corrected chi connectivity index (χ3v) is 3.35. The summed E-state index contributed by atoms with van der Waals surface area (Å²) < 4.78 is 0. The number of carbonyl (C=O) groups is 2. The van der Waals surface area contributed by atoms with Crippen molar-refractivity contribution >= 4 is 35.1 Å². The fourth-order valence-corrected chi connectivity index (χ4v) is 2.26. The van der Waals surface area contributed by atoms with Gasteiger partial charge >= 0.3 is 6.03 Å². The Bertz CT molecular complexity index is 509. The minimum Gasteiger partial charge on any atom is -0.338 e. The first kappa shape index (κ1) is 17.8. The first-order chi connectivity index (χ1) is 9.92. The third kappa shape index (κ3) is 6.80. The monoisotopic (exact) mass is 332 g/mol. The maximum atomic E-state index is 11.7. The second-order valence-electron chi connectivity index (χ2n) is 4.85. The molecule has 7 heteroatoms. The van der Waals surface area contributed by atoms with Crippen LogP contribution in [0.4, 0.5) is 4.79 Å². The molecule has 0 saturated heterocycles. The van der Waals surface area contributed by atoms with Crippen LogP contribution in [0.5, 0.6) is 0 Å². The van der Waals surface area contributed by atoms with Gasteiger partial charge in [0.25, 0.3) is 5.91 Å². The van der Waals surface area contributed by atoms with Gasteiger partial charge in [-0.1, -0.05) is 36.2 Å². The van der Waals surface area contributed by atoms with Crippen molar-refractivity contribution < 1.29 is 14.5 Å². The van der Waals surface area contributed by atoms with E-state index in [1.54, 1.807) is 12.1 Å². The molecule has 116 valence electrons. The van der Waals surface area contributed by atoms with E-state index in [-0.39, 0.29) is 12.5 Å². The standard InChI is InChI=1S/C14H19Cl2N3O2/c1-3-6-17-14(21)18-13(20)9-19(2)8-10-4-5-11(15)7-12(10)16/h4-5,7H,3,6,8-9H2,1-2H3,(H2,17,18,20,21)/p+1. The number of benzene rings is 1. The Balaban J connectivity index is 2.44. The van der Waals surface area contributed by atoms with Crippen molar-refractivity contribution in [2.45, 2.75) is 19.9 Å². The summed E-state index contributed by atoms with van der Waals surface area (Å²) >= 11 is 11.9. The van der Waals surface area contributed by atoms with Gasteiger partial charge in [0, 0.05) is 17.1 Å². The lowest BCUT2D eigenvalue weighted by molar-refractivity contribution is -0.885. The van der Waals surface area contributed by atoms with Crippen LogP contribution in [-0.4, -0.2) is 32.1 Å². The van der Waals surface area contributed by atoms with Gasteiger partial charge in [-0.2, -0.15) is 0 Å². The van der Waals surface area contributed by atoms with Crippen LogP contribution in [0.2, 0.25) is 10.0 Å². The summed E-state index contributed by atoms with van der Waals surface area (Å²) in [7, 11) is 1.86. The number of hydrogen-bond donors (Lipinski definition) is 3. The second-order valence-corrected chi connectivity index (χ2v) is 5.69. The zero-order valence-corrected chi connectivity index (χ0v) is 13.6. The molecule has 0 radical (unpaired) electrons. The maximum Gasteiger partial charge on any atom is 0.321 e. The summed E-state index contributed by atoms with van der Waals surface area (Å²) in [6.07, 6.45) is 0.821. The van der Waals surface area contributed by atoms with E-state index in [4.69, 9.17) is 23.2 Å². The van der Waals surface area contributed by atoms with Gasteiger partial charge in [-0.05, 0) is 18.6 Å². The number of amides is 3. The number of quaternary nitrogens is 1. The Labute approximate surface area is 134 Å². The molecule has 0 saturated carbocycles. The molecule has 1 aromatic rings. The summed E-state index contributed by atoms with van der Waals surface area (Å²) in [6.45, 7) is 3.23. The summed E-state index contributed by atoms with van der Waals surface area (Å²) in [5.41, 5.74) is 0.904.